The number of alkyl halides is 1. The van der Waals surface area contributed by atoms with Crippen LogP contribution in [-0.4, -0.2) is 8.42 Å². The molecule has 0 amide bonds. The first-order valence-electron chi connectivity index (χ1n) is 6.82. The van der Waals surface area contributed by atoms with Crippen LogP contribution >= 0.6 is 11.6 Å². The van der Waals surface area contributed by atoms with Crippen molar-refractivity contribution in [3.05, 3.63) is 59.7 Å². The Morgan fingerprint density at radius 2 is 1.52 bits per heavy atom. The summed E-state index contributed by atoms with van der Waals surface area (Å²) in [7, 11) is -3.55. The number of nitrogens with one attached hydrogen (secondary N) is 1. The Morgan fingerprint density at radius 3 is 2.05 bits per heavy atom. The van der Waals surface area contributed by atoms with E-state index in [9.17, 15) is 8.42 Å². The number of sulfonamides is 1. The second kappa shape index (κ2) is 6.96. The highest BCUT2D eigenvalue weighted by Gasteiger charge is 2.13. The van der Waals surface area contributed by atoms with Crippen molar-refractivity contribution in [3.63, 3.8) is 0 Å². The maximum atomic E-state index is 12.3. The molecule has 0 atom stereocenters. The molecule has 2 aromatic carbocycles. The number of halogens is 1. The van der Waals surface area contributed by atoms with Gasteiger partial charge in [-0.05, 0) is 41.8 Å². The predicted molar refractivity (Wildman–Crippen MR) is 87.2 cm³/mol. The maximum Gasteiger partial charge on any atom is 0.261 e. The standard InChI is InChI=1S/C16H18ClNO2S/c1-2-3-13-6-10-16(11-7-13)21(19,20)18-15-8-4-14(12-17)5-9-15/h4-11,18H,2-3,12H2,1H3. The highest BCUT2D eigenvalue weighted by atomic mass is 35.5. The van der Waals surface area contributed by atoms with Crippen molar-refractivity contribution < 1.29 is 8.42 Å². The van der Waals surface area contributed by atoms with E-state index < -0.39 is 10.0 Å². The van der Waals surface area contributed by atoms with E-state index in [1.54, 1.807) is 36.4 Å². The summed E-state index contributed by atoms with van der Waals surface area (Å²) in [5.41, 5.74) is 2.62. The number of rotatable bonds is 6. The van der Waals surface area contributed by atoms with E-state index in [4.69, 9.17) is 11.6 Å². The molecule has 0 fully saturated rings. The summed E-state index contributed by atoms with van der Waals surface area (Å²) in [6, 6.07) is 14.0. The highest BCUT2D eigenvalue weighted by molar-refractivity contribution is 7.92. The summed E-state index contributed by atoms with van der Waals surface area (Å²) >= 11 is 5.71. The third-order valence-electron chi connectivity index (χ3n) is 3.13. The van der Waals surface area contributed by atoms with Crippen LogP contribution in [0, 0.1) is 0 Å². The first kappa shape index (κ1) is 15.9. The van der Waals surface area contributed by atoms with Crippen LogP contribution < -0.4 is 4.72 Å². The van der Waals surface area contributed by atoms with E-state index in [2.05, 4.69) is 11.6 Å². The van der Waals surface area contributed by atoms with Gasteiger partial charge in [-0.1, -0.05) is 37.6 Å². The van der Waals surface area contributed by atoms with Crippen LogP contribution in [-0.2, 0) is 22.3 Å². The van der Waals surface area contributed by atoms with Crippen LogP contribution in [0.15, 0.2) is 53.4 Å². The average Bonchev–Trinajstić information content (AvgIpc) is 2.48. The molecular formula is C16H18ClNO2S. The fourth-order valence-electron chi connectivity index (χ4n) is 2.00. The summed E-state index contributed by atoms with van der Waals surface area (Å²) < 4.78 is 27.1. The zero-order chi connectivity index (χ0) is 15.3. The van der Waals surface area contributed by atoms with Gasteiger partial charge in [0, 0.05) is 11.6 Å². The van der Waals surface area contributed by atoms with Gasteiger partial charge in [0.2, 0.25) is 0 Å². The molecule has 0 spiro atoms. The van der Waals surface area contributed by atoms with Gasteiger partial charge in [0.25, 0.3) is 10.0 Å². The molecule has 0 saturated carbocycles. The molecule has 0 aliphatic heterocycles. The topological polar surface area (TPSA) is 46.2 Å². The summed E-state index contributed by atoms with van der Waals surface area (Å²) in [5, 5.41) is 0. The van der Waals surface area contributed by atoms with Crippen LogP contribution in [0.1, 0.15) is 24.5 Å². The average molecular weight is 324 g/mol. The van der Waals surface area contributed by atoms with Gasteiger partial charge in [-0.15, -0.1) is 11.6 Å². The molecule has 0 unspecified atom stereocenters. The Labute approximate surface area is 131 Å². The minimum atomic E-state index is -3.55. The molecule has 5 heteroatoms. The monoisotopic (exact) mass is 323 g/mol. The molecule has 21 heavy (non-hydrogen) atoms. The molecule has 0 heterocycles. The SMILES string of the molecule is CCCc1ccc(S(=O)(=O)Nc2ccc(CCl)cc2)cc1. The van der Waals surface area contributed by atoms with Crippen molar-refractivity contribution in [1.82, 2.24) is 0 Å². The molecule has 0 radical (unpaired) electrons. The normalized spacial score (nSPS) is 11.3. The molecule has 0 bridgehead atoms. The zero-order valence-corrected chi connectivity index (χ0v) is 13.4. The Hall–Kier alpha value is -1.52. The lowest BCUT2D eigenvalue weighted by atomic mass is 10.1. The third kappa shape index (κ3) is 4.22. The molecular weight excluding hydrogens is 306 g/mol. The van der Waals surface area contributed by atoms with Gasteiger partial charge < -0.3 is 0 Å². The number of benzene rings is 2. The fraction of sp³-hybridized carbons (Fsp3) is 0.250. The van der Waals surface area contributed by atoms with Crippen molar-refractivity contribution in [2.75, 3.05) is 4.72 Å². The molecule has 1 N–H and O–H groups in total. The molecule has 0 aliphatic carbocycles. The molecule has 2 aromatic rings. The Morgan fingerprint density at radius 1 is 0.952 bits per heavy atom. The predicted octanol–water partition coefficient (Wildman–Crippen LogP) is 4.18. The third-order valence-corrected chi connectivity index (χ3v) is 4.84. The van der Waals surface area contributed by atoms with E-state index in [0.29, 0.717) is 11.6 Å². The summed E-state index contributed by atoms with van der Waals surface area (Å²) in [6.07, 6.45) is 1.99. The lowest BCUT2D eigenvalue weighted by molar-refractivity contribution is 0.601. The van der Waals surface area contributed by atoms with E-state index >= 15 is 0 Å². The quantitative estimate of drug-likeness (QED) is 0.811. The summed E-state index contributed by atoms with van der Waals surface area (Å²) in [4.78, 5) is 0.267. The lowest BCUT2D eigenvalue weighted by Crippen LogP contribution is -2.12. The van der Waals surface area contributed by atoms with E-state index in [1.807, 2.05) is 12.1 Å². The number of hydrogen-bond donors (Lipinski definition) is 1. The second-order valence-electron chi connectivity index (χ2n) is 4.83. The first-order valence-corrected chi connectivity index (χ1v) is 8.83. The lowest BCUT2D eigenvalue weighted by Gasteiger charge is -2.09. The second-order valence-corrected chi connectivity index (χ2v) is 6.78. The zero-order valence-electron chi connectivity index (χ0n) is 11.8. The number of anilines is 1. The van der Waals surface area contributed by atoms with Gasteiger partial charge >= 0.3 is 0 Å². The van der Waals surface area contributed by atoms with Gasteiger partial charge in [0.05, 0.1) is 4.90 Å². The molecule has 2 rings (SSSR count). The molecule has 0 saturated heterocycles. The molecule has 112 valence electrons. The van der Waals surface area contributed by atoms with E-state index in [-0.39, 0.29) is 4.90 Å². The Balaban J connectivity index is 2.16. The number of hydrogen-bond acceptors (Lipinski definition) is 2. The molecule has 0 aromatic heterocycles. The van der Waals surface area contributed by atoms with Gasteiger partial charge in [-0.2, -0.15) is 0 Å². The van der Waals surface area contributed by atoms with Crippen LogP contribution in [0.25, 0.3) is 0 Å². The van der Waals surface area contributed by atoms with Crippen molar-refractivity contribution in [3.8, 4) is 0 Å². The van der Waals surface area contributed by atoms with E-state index in [1.165, 1.54) is 0 Å². The van der Waals surface area contributed by atoms with Crippen LogP contribution in [0.2, 0.25) is 0 Å². The van der Waals surface area contributed by atoms with Crippen LogP contribution in [0.4, 0.5) is 5.69 Å². The van der Waals surface area contributed by atoms with E-state index in [0.717, 1.165) is 24.0 Å². The van der Waals surface area contributed by atoms with Crippen molar-refractivity contribution in [2.24, 2.45) is 0 Å². The van der Waals surface area contributed by atoms with Crippen LogP contribution in [0.3, 0.4) is 0 Å². The number of aryl methyl sites for hydroxylation is 1. The molecule has 3 nitrogen and oxygen atoms in total. The van der Waals surface area contributed by atoms with Crippen molar-refractivity contribution in [2.45, 2.75) is 30.5 Å². The summed E-state index contributed by atoms with van der Waals surface area (Å²) in [6.45, 7) is 2.09. The smallest absolute Gasteiger partial charge is 0.261 e. The van der Waals surface area contributed by atoms with Gasteiger partial charge in [0.1, 0.15) is 0 Å². The van der Waals surface area contributed by atoms with Crippen molar-refractivity contribution >= 4 is 27.3 Å². The Kier molecular flexibility index (Phi) is 5.26. The van der Waals surface area contributed by atoms with Gasteiger partial charge in [-0.25, -0.2) is 8.42 Å². The maximum absolute atomic E-state index is 12.3. The molecule has 0 aliphatic rings. The van der Waals surface area contributed by atoms with Gasteiger partial charge in [-0.3, -0.25) is 4.72 Å². The highest BCUT2D eigenvalue weighted by Crippen LogP contribution is 2.18. The minimum Gasteiger partial charge on any atom is -0.280 e. The first-order chi connectivity index (χ1) is 10.0. The Bertz CT molecular complexity index is 679. The van der Waals surface area contributed by atoms with Crippen molar-refractivity contribution in [1.29, 1.82) is 0 Å². The largest absolute Gasteiger partial charge is 0.280 e. The summed E-state index contributed by atoms with van der Waals surface area (Å²) in [5.74, 6) is 0.409. The minimum absolute atomic E-state index is 0.267. The van der Waals surface area contributed by atoms with Gasteiger partial charge in [0.15, 0.2) is 0 Å². The fourth-order valence-corrected chi connectivity index (χ4v) is 3.24. The van der Waals surface area contributed by atoms with Crippen LogP contribution in [0.5, 0.6) is 0 Å².